The van der Waals surface area contributed by atoms with Crippen molar-refractivity contribution in [2.75, 3.05) is 19.6 Å². The molecule has 5 nitrogen and oxygen atoms in total. The summed E-state index contributed by atoms with van der Waals surface area (Å²) in [5, 5.41) is 3.81. The van der Waals surface area contributed by atoms with Crippen LogP contribution < -0.4 is 5.32 Å². The zero-order valence-electron chi connectivity index (χ0n) is 17.7. The van der Waals surface area contributed by atoms with Crippen molar-refractivity contribution < 1.29 is 8.42 Å². The molecule has 4 rings (SSSR count). The third-order valence-corrected chi connectivity index (χ3v) is 8.33. The molecule has 7 heteroatoms. The topological polar surface area (TPSA) is 62.3 Å². The molecule has 1 unspecified atom stereocenters. The lowest BCUT2D eigenvalue weighted by atomic mass is 9.96. The van der Waals surface area contributed by atoms with E-state index in [2.05, 4.69) is 29.4 Å². The SMILES string of the molecule is CCc1cnccc1-c1cccc(C2CNCCN2S(=O)(=O)c2cccc(Cl)c2C)c1. The highest BCUT2D eigenvalue weighted by molar-refractivity contribution is 7.89. The highest BCUT2D eigenvalue weighted by atomic mass is 35.5. The number of aromatic nitrogens is 1. The molecular formula is C24H26ClN3O2S. The number of aryl methyl sites for hydroxylation is 1. The van der Waals surface area contributed by atoms with Gasteiger partial charge in [-0.05, 0) is 65.4 Å². The summed E-state index contributed by atoms with van der Waals surface area (Å²) in [6.07, 6.45) is 4.57. The Kier molecular flexibility index (Phi) is 6.44. The van der Waals surface area contributed by atoms with Gasteiger partial charge in [0.05, 0.1) is 10.9 Å². The number of benzene rings is 2. The number of pyridine rings is 1. The van der Waals surface area contributed by atoms with Gasteiger partial charge in [0.25, 0.3) is 0 Å². The van der Waals surface area contributed by atoms with Gasteiger partial charge < -0.3 is 5.32 Å². The lowest BCUT2D eigenvalue weighted by Gasteiger charge is -2.36. The molecule has 0 saturated carbocycles. The van der Waals surface area contributed by atoms with E-state index in [4.69, 9.17) is 11.6 Å². The van der Waals surface area contributed by atoms with Gasteiger partial charge in [0.1, 0.15) is 0 Å². The average molecular weight is 456 g/mol. The van der Waals surface area contributed by atoms with E-state index in [9.17, 15) is 8.42 Å². The predicted molar refractivity (Wildman–Crippen MR) is 125 cm³/mol. The van der Waals surface area contributed by atoms with Crippen LogP contribution >= 0.6 is 11.6 Å². The van der Waals surface area contributed by atoms with Crippen LogP contribution in [-0.2, 0) is 16.4 Å². The molecule has 2 aromatic carbocycles. The summed E-state index contributed by atoms with van der Waals surface area (Å²) >= 11 is 6.23. The highest BCUT2D eigenvalue weighted by Crippen LogP contribution is 2.34. The van der Waals surface area contributed by atoms with Crippen LogP contribution in [0.1, 0.15) is 29.7 Å². The number of halogens is 1. The van der Waals surface area contributed by atoms with Crippen molar-refractivity contribution in [3.8, 4) is 11.1 Å². The molecule has 1 fully saturated rings. The third-order valence-electron chi connectivity index (χ3n) is 5.87. The van der Waals surface area contributed by atoms with Gasteiger partial charge >= 0.3 is 0 Å². The van der Waals surface area contributed by atoms with E-state index in [1.807, 2.05) is 24.4 Å². The summed E-state index contributed by atoms with van der Waals surface area (Å²) in [7, 11) is -3.70. The molecule has 31 heavy (non-hydrogen) atoms. The summed E-state index contributed by atoms with van der Waals surface area (Å²) < 4.78 is 28.9. The Bertz CT molecular complexity index is 1200. The fourth-order valence-corrected chi connectivity index (χ4v) is 6.25. The Balaban J connectivity index is 1.76. The Hall–Kier alpha value is -2.25. The van der Waals surface area contributed by atoms with Gasteiger partial charge in [-0.15, -0.1) is 0 Å². The smallest absolute Gasteiger partial charge is 0.244 e. The molecule has 1 saturated heterocycles. The van der Waals surface area contributed by atoms with E-state index in [1.165, 1.54) is 5.56 Å². The zero-order valence-corrected chi connectivity index (χ0v) is 19.2. The van der Waals surface area contributed by atoms with E-state index < -0.39 is 10.0 Å². The number of piperazine rings is 1. The molecule has 0 aliphatic carbocycles. The molecule has 2 heterocycles. The first-order chi connectivity index (χ1) is 14.9. The molecule has 1 aliphatic heterocycles. The number of hydrogen-bond acceptors (Lipinski definition) is 4. The van der Waals surface area contributed by atoms with Crippen molar-refractivity contribution in [1.82, 2.24) is 14.6 Å². The van der Waals surface area contributed by atoms with Crippen LogP contribution in [0.15, 0.2) is 65.8 Å². The Morgan fingerprint density at radius 1 is 1.19 bits per heavy atom. The fraction of sp³-hybridized carbons (Fsp3) is 0.292. The zero-order chi connectivity index (χ0) is 22.0. The van der Waals surface area contributed by atoms with Gasteiger partial charge in [-0.3, -0.25) is 4.98 Å². The number of rotatable bonds is 5. The largest absolute Gasteiger partial charge is 0.313 e. The Labute approximate surface area is 189 Å². The predicted octanol–water partition coefficient (Wildman–Crippen LogP) is 4.61. The van der Waals surface area contributed by atoms with E-state index in [0.717, 1.165) is 23.1 Å². The summed E-state index contributed by atoms with van der Waals surface area (Å²) in [5.74, 6) is 0. The third kappa shape index (κ3) is 4.26. The minimum atomic E-state index is -3.70. The van der Waals surface area contributed by atoms with E-state index in [0.29, 0.717) is 30.2 Å². The van der Waals surface area contributed by atoms with Gasteiger partial charge in [0, 0.05) is 37.1 Å². The standard InChI is InChI=1S/C24H26ClN3O2S/c1-3-18-15-26-11-10-21(18)19-6-4-7-20(14-19)23-16-27-12-13-28(23)31(29,30)24-9-5-8-22(25)17(24)2/h4-11,14-15,23,27H,3,12-13,16H2,1-2H3. The minimum Gasteiger partial charge on any atom is -0.313 e. The maximum atomic E-state index is 13.6. The number of sulfonamides is 1. The second-order valence-electron chi connectivity index (χ2n) is 7.71. The molecule has 162 valence electrons. The van der Waals surface area contributed by atoms with Crippen LogP contribution in [0.5, 0.6) is 0 Å². The van der Waals surface area contributed by atoms with Crippen LogP contribution in [0, 0.1) is 6.92 Å². The van der Waals surface area contributed by atoms with E-state index in [-0.39, 0.29) is 10.9 Å². The van der Waals surface area contributed by atoms with Crippen molar-refractivity contribution in [3.05, 3.63) is 82.6 Å². The summed E-state index contributed by atoms with van der Waals surface area (Å²) in [6.45, 7) is 5.43. The fourth-order valence-electron chi connectivity index (χ4n) is 4.15. The highest BCUT2D eigenvalue weighted by Gasteiger charge is 2.35. The van der Waals surface area contributed by atoms with Crippen molar-refractivity contribution >= 4 is 21.6 Å². The maximum Gasteiger partial charge on any atom is 0.244 e. The van der Waals surface area contributed by atoms with Crippen molar-refractivity contribution in [2.45, 2.75) is 31.2 Å². The molecule has 0 bridgehead atoms. The van der Waals surface area contributed by atoms with E-state index in [1.54, 1.807) is 35.6 Å². The molecule has 1 aliphatic rings. The Morgan fingerprint density at radius 2 is 2.00 bits per heavy atom. The van der Waals surface area contributed by atoms with Crippen LogP contribution in [0.3, 0.4) is 0 Å². The summed E-state index contributed by atoms with van der Waals surface area (Å²) in [4.78, 5) is 4.51. The average Bonchev–Trinajstić information content (AvgIpc) is 2.80. The lowest BCUT2D eigenvalue weighted by molar-refractivity contribution is 0.271. The minimum absolute atomic E-state index is 0.269. The summed E-state index contributed by atoms with van der Waals surface area (Å²) in [5.41, 5.74) is 4.91. The van der Waals surface area contributed by atoms with Crippen molar-refractivity contribution in [2.24, 2.45) is 0 Å². The van der Waals surface area contributed by atoms with Crippen molar-refractivity contribution in [1.29, 1.82) is 0 Å². The summed E-state index contributed by atoms with van der Waals surface area (Å²) in [6, 6.07) is 14.9. The van der Waals surface area contributed by atoms with Crippen LogP contribution in [0.25, 0.3) is 11.1 Å². The lowest BCUT2D eigenvalue weighted by Crippen LogP contribution is -2.48. The van der Waals surface area contributed by atoms with Crippen molar-refractivity contribution in [3.63, 3.8) is 0 Å². The molecule has 0 amide bonds. The Morgan fingerprint density at radius 3 is 2.81 bits per heavy atom. The van der Waals surface area contributed by atoms with Crippen LogP contribution in [-0.4, -0.2) is 37.3 Å². The van der Waals surface area contributed by atoms with Gasteiger partial charge in [0.15, 0.2) is 0 Å². The van der Waals surface area contributed by atoms with Crippen LogP contribution in [0.4, 0.5) is 0 Å². The molecule has 3 aromatic rings. The van der Waals surface area contributed by atoms with Gasteiger partial charge in [-0.25, -0.2) is 8.42 Å². The van der Waals surface area contributed by atoms with E-state index >= 15 is 0 Å². The molecular weight excluding hydrogens is 430 g/mol. The molecule has 1 atom stereocenters. The van der Waals surface area contributed by atoms with Gasteiger partial charge in [0.2, 0.25) is 10.0 Å². The first kappa shape index (κ1) is 22.0. The first-order valence-corrected chi connectivity index (χ1v) is 12.3. The molecule has 1 aromatic heterocycles. The molecule has 0 radical (unpaired) electrons. The van der Waals surface area contributed by atoms with Crippen LogP contribution in [0.2, 0.25) is 5.02 Å². The monoisotopic (exact) mass is 455 g/mol. The molecule has 1 N–H and O–H groups in total. The number of nitrogens with zero attached hydrogens (tertiary/aromatic N) is 2. The maximum absolute atomic E-state index is 13.6. The van der Waals surface area contributed by atoms with Gasteiger partial charge in [-0.2, -0.15) is 4.31 Å². The second kappa shape index (κ2) is 9.09. The first-order valence-electron chi connectivity index (χ1n) is 10.4. The molecule has 0 spiro atoms. The number of nitrogens with one attached hydrogen (secondary N) is 1. The second-order valence-corrected chi connectivity index (χ2v) is 9.98. The van der Waals surface area contributed by atoms with Gasteiger partial charge in [-0.1, -0.05) is 42.8 Å². The quantitative estimate of drug-likeness (QED) is 0.610. The number of hydrogen-bond donors (Lipinski definition) is 1. The normalized spacial score (nSPS) is 17.6.